The smallest absolute Gasteiger partial charge is 0.309 e. The van der Waals surface area contributed by atoms with Gasteiger partial charge < -0.3 is 15.7 Å². The van der Waals surface area contributed by atoms with E-state index in [9.17, 15) is 14.7 Å². The summed E-state index contributed by atoms with van der Waals surface area (Å²) in [7, 11) is 0. The SMILES string of the molecule is C[C@@H](NC(=O)C(=O)NC[C@@](C)(O)c1ccccc1)c1ccccc1. The molecule has 0 heterocycles. The van der Waals surface area contributed by atoms with Crippen LogP contribution in [0.15, 0.2) is 60.7 Å². The molecule has 2 amide bonds. The third kappa shape index (κ3) is 4.67. The molecule has 0 radical (unpaired) electrons. The summed E-state index contributed by atoms with van der Waals surface area (Å²) < 4.78 is 0. The molecule has 0 fully saturated rings. The molecule has 0 unspecified atom stereocenters. The minimum Gasteiger partial charge on any atom is -0.384 e. The second kappa shape index (κ2) is 7.75. The lowest BCUT2D eigenvalue weighted by molar-refractivity contribution is -0.140. The zero-order chi connectivity index (χ0) is 17.6. The van der Waals surface area contributed by atoms with E-state index in [0.29, 0.717) is 5.56 Å². The quantitative estimate of drug-likeness (QED) is 0.734. The van der Waals surface area contributed by atoms with Gasteiger partial charge in [-0.05, 0) is 25.0 Å². The van der Waals surface area contributed by atoms with Gasteiger partial charge in [-0.15, -0.1) is 0 Å². The molecule has 5 nitrogen and oxygen atoms in total. The first kappa shape index (κ1) is 17.7. The van der Waals surface area contributed by atoms with Gasteiger partial charge >= 0.3 is 11.8 Å². The van der Waals surface area contributed by atoms with E-state index in [4.69, 9.17) is 0 Å². The number of carbonyl (C=O) groups is 2. The summed E-state index contributed by atoms with van der Waals surface area (Å²) in [5.74, 6) is -1.50. The van der Waals surface area contributed by atoms with Gasteiger partial charge in [0.25, 0.3) is 0 Å². The first-order valence-electron chi connectivity index (χ1n) is 7.82. The van der Waals surface area contributed by atoms with Crippen LogP contribution in [-0.2, 0) is 15.2 Å². The Kier molecular flexibility index (Phi) is 5.71. The monoisotopic (exact) mass is 326 g/mol. The van der Waals surface area contributed by atoms with E-state index >= 15 is 0 Å². The molecule has 0 aliphatic heterocycles. The molecule has 2 atom stereocenters. The fourth-order valence-corrected chi connectivity index (χ4v) is 2.32. The topological polar surface area (TPSA) is 78.4 Å². The lowest BCUT2D eigenvalue weighted by atomic mass is 9.96. The van der Waals surface area contributed by atoms with E-state index in [1.807, 2.05) is 36.4 Å². The number of hydrogen-bond donors (Lipinski definition) is 3. The standard InChI is InChI=1S/C19H22N2O3/c1-14(15-9-5-3-6-10-15)21-18(23)17(22)20-13-19(2,24)16-11-7-4-8-12-16/h3-12,14,24H,13H2,1-2H3,(H,20,22)(H,21,23)/t14-,19-/m1/s1. The summed E-state index contributed by atoms with van der Waals surface area (Å²) in [6, 6.07) is 18.1. The molecule has 126 valence electrons. The van der Waals surface area contributed by atoms with Crippen molar-refractivity contribution in [3.8, 4) is 0 Å². The van der Waals surface area contributed by atoms with E-state index in [0.717, 1.165) is 5.56 Å². The van der Waals surface area contributed by atoms with Gasteiger partial charge in [0.05, 0.1) is 12.6 Å². The maximum absolute atomic E-state index is 12.0. The highest BCUT2D eigenvalue weighted by Gasteiger charge is 2.25. The Labute approximate surface area is 141 Å². The lowest BCUT2D eigenvalue weighted by Gasteiger charge is -2.24. The van der Waals surface area contributed by atoms with Crippen LogP contribution >= 0.6 is 0 Å². The van der Waals surface area contributed by atoms with E-state index < -0.39 is 17.4 Å². The van der Waals surface area contributed by atoms with Crippen LogP contribution in [0.1, 0.15) is 31.0 Å². The molecule has 3 N–H and O–H groups in total. The Bertz CT molecular complexity index is 684. The van der Waals surface area contributed by atoms with Gasteiger partial charge in [-0.25, -0.2) is 0 Å². The highest BCUT2D eigenvalue weighted by Crippen LogP contribution is 2.18. The number of benzene rings is 2. The van der Waals surface area contributed by atoms with Crippen LogP contribution in [0.5, 0.6) is 0 Å². The normalized spacial score (nSPS) is 14.3. The molecule has 2 rings (SSSR count). The van der Waals surface area contributed by atoms with Crippen molar-refractivity contribution in [2.24, 2.45) is 0 Å². The van der Waals surface area contributed by atoms with Gasteiger partial charge in [0, 0.05) is 0 Å². The van der Waals surface area contributed by atoms with Crippen LogP contribution < -0.4 is 10.6 Å². The highest BCUT2D eigenvalue weighted by atomic mass is 16.3. The lowest BCUT2D eigenvalue weighted by Crippen LogP contribution is -2.45. The summed E-state index contributed by atoms with van der Waals surface area (Å²) in [4.78, 5) is 23.9. The molecule has 5 heteroatoms. The van der Waals surface area contributed by atoms with Crippen LogP contribution in [0.4, 0.5) is 0 Å². The largest absolute Gasteiger partial charge is 0.384 e. The van der Waals surface area contributed by atoms with Gasteiger partial charge in [-0.3, -0.25) is 9.59 Å². The fourth-order valence-electron chi connectivity index (χ4n) is 2.32. The number of hydrogen-bond acceptors (Lipinski definition) is 3. The number of carbonyl (C=O) groups excluding carboxylic acids is 2. The molecule has 0 saturated heterocycles. The summed E-state index contributed by atoms with van der Waals surface area (Å²) in [5, 5.41) is 15.5. The van der Waals surface area contributed by atoms with Gasteiger partial charge in [-0.2, -0.15) is 0 Å². The van der Waals surface area contributed by atoms with Crippen molar-refractivity contribution in [2.75, 3.05) is 6.54 Å². The molecule has 0 bridgehead atoms. The first-order chi connectivity index (χ1) is 11.4. The van der Waals surface area contributed by atoms with Gasteiger partial charge in [0.15, 0.2) is 0 Å². The highest BCUT2D eigenvalue weighted by molar-refractivity contribution is 6.35. The van der Waals surface area contributed by atoms with Crippen molar-refractivity contribution in [1.82, 2.24) is 10.6 Å². The van der Waals surface area contributed by atoms with Gasteiger partial charge in [0.1, 0.15) is 5.60 Å². The fraction of sp³-hybridized carbons (Fsp3) is 0.263. The number of nitrogens with one attached hydrogen (secondary N) is 2. The number of rotatable bonds is 5. The number of amides is 2. The molecule has 2 aromatic rings. The van der Waals surface area contributed by atoms with Crippen molar-refractivity contribution >= 4 is 11.8 Å². The van der Waals surface area contributed by atoms with Crippen LogP contribution in [0.25, 0.3) is 0 Å². The van der Waals surface area contributed by atoms with E-state index in [1.165, 1.54) is 0 Å². The Hall–Kier alpha value is -2.66. The van der Waals surface area contributed by atoms with E-state index in [-0.39, 0.29) is 12.6 Å². The second-order valence-electron chi connectivity index (χ2n) is 5.93. The molecule has 0 aliphatic rings. The maximum Gasteiger partial charge on any atom is 0.309 e. The Balaban J connectivity index is 1.89. The minimum atomic E-state index is -1.25. The summed E-state index contributed by atoms with van der Waals surface area (Å²) in [6.07, 6.45) is 0. The van der Waals surface area contributed by atoms with Gasteiger partial charge in [0.2, 0.25) is 0 Å². The molecular formula is C19H22N2O3. The number of aliphatic hydroxyl groups is 1. The maximum atomic E-state index is 12.0. The minimum absolute atomic E-state index is 0.0526. The van der Waals surface area contributed by atoms with Crippen molar-refractivity contribution in [3.63, 3.8) is 0 Å². The summed E-state index contributed by atoms with van der Waals surface area (Å²) in [5.41, 5.74) is 0.334. The first-order valence-corrected chi connectivity index (χ1v) is 7.82. The van der Waals surface area contributed by atoms with Crippen LogP contribution in [0.3, 0.4) is 0 Å². The van der Waals surface area contributed by atoms with Crippen molar-refractivity contribution in [2.45, 2.75) is 25.5 Å². The molecule has 0 aliphatic carbocycles. The van der Waals surface area contributed by atoms with Crippen molar-refractivity contribution in [3.05, 3.63) is 71.8 Å². The van der Waals surface area contributed by atoms with Crippen LogP contribution in [0.2, 0.25) is 0 Å². The Morgan fingerprint density at radius 2 is 1.54 bits per heavy atom. The summed E-state index contributed by atoms with van der Waals surface area (Å²) in [6.45, 7) is 3.34. The predicted molar refractivity (Wildman–Crippen MR) is 92.0 cm³/mol. The zero-order valence-corrected chi connectivity index (χ0v) is 13.8. The molecule has 2 aromatic carbocycles. The van der Waals surface area contributed by atoms with Crippen LogP contribution in [0, 0.1) is 0 Å². The van der Waals surface area contributed by atoms with Gasteiger partial charge in [-0.1, -0.05) is 60.7 Å². The van der Waals surface area contributed by atoms with E-state index in [2.05, 4.69) is 10.6 Å². The molecular weight excluding hydrogens is 304 g/mol. The Morgan fingerprint density at radius 1 is 1.00 bits per heavy atom. The predicted octanol–water partition coefficient (Wildman–Crippen LogP) is 1.89. The molecule has 0 spiro atoms. The van der Waals surface area contributed by atoms with Crippen molar-refractivity contribution in [1.29, 1.82) is 0 Å². The second-order valence-corrected chi connectivity index (χ2v) is 5.93. The average Bonchev–Trinajstić information content (AvgIpc) is 2.61. The van der Waals surface area contributed by atoms with Crippen molar-refractivity contribution < 1.29 is 14.7 Å². The average molecular weight is 326 g/mol. The third-order valence-electron chi connectivity index (χ3n) is 3.84. The van der Waals surface area contributed by atoms with E-state index in [1.54, 1.807) is 38.1 Å². The molecule has 0 saturated carbocycles. The molecule has 24 heavy (non-hydrogen) atoms. The molecule has 0 aromatic heterocycles. The Morgan fingerprint density at radius 3 is 2.12 bits per heavy atom. The third-order valence-corrected chi connectivity index (χ3v) is 3.84. The summed E-state index contributed by atoms with van der Waals surface area (Å²) >= 11 is 0. The van der Waals surface area contributed by atoms with Crippen LogP contribution in [-0.4, -0.2) is 23.5 Å². The zero-order valence-electron chi connectivity index (χ0n) is 13.8.